The van der Waals surface area contributed by atoms with Crippen molar-refractivity contribution in [3.8, 4) is 11.8 Å². The Morgan fingerprint density at radius 1 is 0.806 bits per heavy atom. The van der Waals surface area contributed by atoms with Crippen LogP contribution in [0.15, 0.2) is 72.3 Å². The van der Waals surface area contributed by atoms with Crippen LogP contribution in [0.1, 0.15) is 121 Å². The molecular weight excluding hydrogens is 889 g/mol. The second kappa shape index (κ2) is 19.0. The first-order chi connectivity index (χ1) is 30.8. The molecule has 2 N–H and O–H groups in total. The molecule has 2 aromatic rings. The van der Waals surface area contributed by atoms with Crippen molar-refractivity contribution in [2.45, 2.75) is 200 Å². The van der Waals surface area contributed by atoms with Crippen LogP contribution in [0.5, 0.6) is 0 Å². The second-order valence-corrected chi connectivity index (χ2v) is 38.3. The number of benzene rings is 2. The highest BCUT2D eigenvalue weighted by Gasteiger charge is 2.69. The molecule has 0 heterocycles. The van der Waals surface area contributed by atoms with Crippen LogP contribution >= 0.6 is 0 Å². The molecule has 3 saturated carbocycles. The Morgan fingerprint density at radius 3 is 1.88 bits per heavy atom. The first kappa shape index (κ1) is 53.5. The fourth-order valence-corrected chi connectivity index (χ4v) is 20.1. The van der Waals surface area contributed by atoms with Crippen molar-refractivity contribution in [1.29, 1.82) is 0 Å². The Labute approximate surface area is 406 Å². The van der Waals surface area contributed by atoms with Gasteiger partial charge in [0.25, 0.3) is 8.32 Å². The number of ether oxygens (including phenoxy) is 2. The van der Waals surface area contributed by atoms with Crippen LogP contribution in [0.4, 0.5) is 0 Å². The zero-order chi connectivity index (χ0) is 49.8. The molecule has 4 aliphatic carbocycles. The summed E-state index contributed by atoms with van der Waals surface area (Å²) in [4.78, 5) is 25.0. The van der Waals surface area contributed by atoms with Gasteiger partial charge in [-0.1, -0.05) is 133 Å². The maximum absolute atomic E-state index is 13.2. The van der Waals surface area contributed by atoms with Crippen LogP contribution < -0.4 is 10.4 Å². The molecule has 370 valence electrons. The Balaban J connectivity index is 1.42. The summed E-state index contributed by atoms with van der Waals surface area (Å²) in [5.41, 5.74) is -3.24. The number of esters is 2. The quantitative estimate of drug-likeness (QED) is 0.0875. The van der Waals surface area contributed by atoms with Crippen molar-refractivity contribution in [2.24, 2.45) is 28.6 Å². The van der Waals surface area contributed by atoms with Gasteiger partial charge < -0.3 is 33.0 Å². The molecule has 0 aliphatic heterocycles. The Bertz CT molecular complexity index is 2140. The molecule has 0 unspecified atom stereocenters. The minimum absolute atomic E-state index is 0.0557. The standard InChI is InChI=1S/C55H84O9Si3/c1-38(56)61-41-29-31-53(10)40(33-41)27-28-45-46(53)35-49(62-39(2)57)54(11)47(45)34-48(58)55(54,59)32-30-42(63-66(15,16)50(3,4)5)36-52(9,64-65(12,13)14)37-60-67(51(6,7)8,43-23-19-17-20-24-43)44-25-21-18-22-26-44/h17-26,34,40-42,45-46,48-49,58-59H,27-29,31,33,35-37H2,1-16H3/t40-,41-,42-,45+,46-,48-,49+,52-,53-,54+,55+/m0/s1. The van der Waals surface area contributed by atoms with Gasteiger partial charge in [0.05, 0.1) is 17.6 Å². The molecule has 67 heavy (non-hydrogen) atoms. The third-order valence-corrected chi connectivity index (χ3v) is 27.4. The molecular formula is C55H84O9Si3. The maximum Gasteiger partial charge on any atom is 0.302 e. The fourth-order valence-electron chi connectivity index (χ4n) is 12.6. The lowest BCUT2D eigenvalue weighted by molar-refractivity contribution is -0.187. The van der Waals surface area contributed by atoms with Gasteiger partial charge in [-0.3, -0.25) is 9.59 Å². The molecule has 11 atom stereocenters. The zero-order valence-corrected chi connectivity index (χ0v) is 46.8. The van der Waals surface area contributed by atoms with Gasteiger partial charge in [0.1, 0.15) is 24.4 Å². The lowest BCUT2D eigenvalue weighted by atomic mass is 9.45. The fraction of sp³-hybridized carbons (Fsp3) is 0.673. The smallest absolute Gasteiger partial charge is 0.302 e. The number of fused-ring (bicyclic) bond motifs is 5. The van der Waals surface area contributed by atoms with E-state index in [0.29, 0.717) is 18.8 Å². The van der Waals surface area contributed by atoms with E-state index in [4.69, 9.17) is 22.8 Å². The van der Waals surface area contributed by atoms with Gasteiger partial charge in [-0.2, -0.15) is 0 Å². The Hall–Kier alpha value is -2.87. The molecule has 0 radical (unpaired) electrons. The Kier molecular flexibility index (Phi) is 15.2. The molecule has 0 bridgehead atoms. The average Bonchev–Trinajstić information content (AvgIpc) is 3.41. The van der Waals surface area contributed by atoms with E-state index < -0.39 is 65.9 Å². The van der Waals surface area contributed by atoms with E-state index in [1.807, 2.05) is 13.0 Å². The van der Waals surface area contributed by atoms with Gasteiger partial charge in [-0.15, -0.1) is 0 Å². The van der Waals surface area contributed by atoms with E-state index in [2.05, 4.69) is 161 Å². The van der Waals surface area contributed by atoms with E-state index in [0.717, 1.165) is 37.7 Å². The SMILES string of the molecule is CC(=O)O[C@H]1CC[C@@]2(C)[C@@H](CC[C@H]3C4=C[C@H](O)[C@](O)(C#C[C@@H](C[C@@](C)(CO[Si](c5ccccc5)(c5ccccc5)C(C)(C)C)O[Si](C)(C)C)O[Si](C)(C)C(C)(C)C)[C@@]4(C)[C@H](OC(C)=O)C[C@@H]32)C1. The van der Waals surface area contributed by atoms with E-state index >= 15 is 0 Å². The van der Waals surface area contributed by atoms with E-state index in [-0.39, 0.29) is 46.0 Å². The minimum atomic E-state index is -2.99. The normalized spacial score (nSPS) is 31.4. The number of rotatable bonds is 13. The van der Waals surface area contributed by atoms with Gasteiger partial charge in [0.2, 0.25) is 0 Å². The highest BCUT2D eigenvalue weighted by Crippen LogP contribution is 2.67. The maximum atomic E-state index is 13.2. The van der Waals surface area contributed by atoms with Crippen LogP contribution in [0.25, 0.3) is 0 Å². The highest BCUT2D eigenvalue weighted by atomic mass is 28.4. The molecule has 0 spiro atoms. The van der Waals surface area contributed by atoms with Crippen molar-refractivity contribution in [2.75, 3.05) is 6.61 Å². The van der Waals surface area contributed by atoms with Gasteiger partial charge >= 0.3 is 11.9 Å². The summed E-state index contributed by atoms with van der Waals surface area (Å²) in [5.74, 6) is 6.68. The topological polar surface area (TPSA) is 121 Å². The summed E-state index contributed by atoms with van der Waals surface area (Å²) < 4.78 is 34.2. The molecule has 0 saturated heterocycles. The average molecular weight is 974 g/mol. The van der Waals surface area contributed by atoms with Gasteiger partial charge in [-0.05, 0) is 129 Å². The van der Waals surface area contributed by atoms with Crippen molar-refractivity contribution in [3.63, 3.8) is 0 Å². The van der Waals surface area contributed by atoms with Crippen LogP contribution in [-0.2, 0) is 32.3 Å². The molecule has 2 aromatic carbocycles. The predicted molar refractivity (Wildman–Crippen MR) is 275 cm³/mol. The number of aliphatic hydroxyl groups excluding tert-OH is 1. The third-order valence-electron chi connectivity index (χ3n) is 16.8. The summed E-state index contributed by atoms with van der Waals surface area (Å²) in [5, 5.41) is 27.4. The molecule has 0 aromatic heterocycles. The molecule has 0 amide bonds. The van der Waals surface area contributed by atoms with Crippen LogP contribution in [0, 0.1) is 40.4 Å². The number of carbonyl (C=O) groups is 2. The molecule has 6 rings (SSSR count). The summed E-state index contributed by atoms with van der Waals surface area (Å²) in [6.07, 6.45) is 4.10. The predicted octanol–water partition coefficient (Wildman–Crippen LogP) is 10.1. The molecule has 4 aliphatic rings. The number of carbonyl (C=O) groups excluding carboxylic acids is 2. The summed E-state index contributed by atoms with van der Waals surface area (Å²) >= 11 is 0. The van der Waals surface area contributed by atoms with E-state index in [9.17, 15) is 19.8 Å². The van der Waals surface area contributed by atoms with Gasteiger partial charge in [0, 0.05) is 20.3 Å². The van der Waals surface area contributed by atoms with Gasteiger partial charge in [0.15, 0.2) is 22.2 Å². The number of aliphatic hydroxyl groups is 2. The van der Waals surface area contributed by atoms with Crippen molar-refractivity contribution < 1.29 is 42.6 Å². The summed E-state index contributed by atoms with van der Waals surface area (Å²) in [6.45, 7) is 34.1. The third kappa shape index (κ3) is 10.5. The molecule has 3 fully saturated rings. The van der Waals surface area contributed by atoms with E-state index in [1.54, 1.807) is 0 Å². The van der Waals surface area contributed by atoms with Crippen LogP contribution in [-0.4, -0.2) is 89.3 Å². The molecule has 12 heteroatoms. The number of hydrogen-bond acceptors (Lipinski definition) is 9. The highest BCUT2D eigenvalue weighted by molar-refractivity contribution is 6.99. The lowest BCUT2D eigenvalue weighted by Gasteiger charge is -2.61. The summed E-state index contributed by atoms with van der Waals surface area (Å²) in [7, 11) is -7.77. The van der Waals surface area contributed by atoms with Gasteiger partial charge in [-0.25, -0.2) is 0 Å². The monoisotopic (exact) mass is 973 g/mol. The summed E-state index contributed by atoms with van der Waals surface area (Å²) in [6, 6.07) is 21.3. The Morgan fingerprint density at radius 2 is 1.37 bits per heavy atom. The first-order valence-corrected chi connectivity index (χ1v) is 33.2. The minimum Gasteiger partial charge on any atom is -0.463 e. The van der Waals surface area contributed by atoms with E-state index in [1.165, 1.54) is 24.2 Å². The largest absolute Gasteiger partial charge is 0.463 e. The first-order valence-electron chi connectivity index (χ1n) is 24.9. The van der Waals surface area contributed by atoms with Crippen molar-refractivity contribution >= 4 is 47.3 Å². The van der Waals surface area contributed by atoms with Crippen molar-refractivity contribution in [3.05, 3.63) is 72.3 Å². The zero-order valence-electron chi connectivity index (χ0n) is 43.8. The van der Waals surface area contributed by atoms with Crippen LogP contribution in [0.2, 0.25) is 42.8 Å². The van der Waals surface area contributed by atoms with Crippen LogP contribution in [0.3, 0.4) is 0 Å². The second-order valence-electron chi connectivity index (χ2n) is 24.8. The van der Waals surface area contributed by atoms with Crippen molar-refractivity contribution in [1.82, 2.24) is 0 Å². The molecule has 9 nitrogen and oxygen atoms in total. The lowest BCUT2D eigenvalue weighted by Crippen LogP contribution is -2.68. The number of hydrogen-bond donors (Lipinski definition) is 2.